The maximum Gasteiger partial charge on any atom is 0.107 e. The number of nitrogens with zero attached hydrogens (tertiary/aromatic N) is 2. The molecule has 1 saturated heterocycles. The van der Waals surface area contributed by atoms with Crippen molar-refractivity contribution in [2.45, 2.75) is 58.7 Å². The second-order valence-electron chi connectivity index (χ2n) is 6.95. The molecule has 2 heterocycles. The molecule has 2 fully saturated rings. The number of hydrogen-bond acceptors (Lipinski definition) is 4. The first-order valence-electron chi connectivity index (χ1n) is 8.00. The Morgan fingerprint density at radius 1 is 1.45 bits per heavy atom. The maximum atomic E-state index is 4.66. The van der Waals surface area contributed by atoms with Crippen LogP contribution in [0.1, 0.15) is 43.8 Å². The summed E-state index contributed by atoms with van der Waals surface area (Å²) >= 11 is 1.82. The van der Waals surface area contributed by atoms with Gasteiger partial charge in [0.1, 0.15) is 5.01 Å². The van der Waals surface area contributed by atoms with E-state index in [-0.39, 0.29) is 0 Å². The van der Waals surface area contributed by atoms with Crippen LogP contribution in [0.4, 0.5) is 0 Å². The summed E-state index contributed by atoms with van der Waals surface area (Å²) in [5.74, 6) is 1.71. The van der Waals surface area contributed by atoms with Crippen LogP contribution in [0, 0.1) is 18.8 Å². The van der Waals surface area contributed by atoms with Crippen LogP contribution in [0.3, 0.4) is 0 Å². The van der Waals surface area contributed by atoms with Gasteiger partial charge < -0.3 is 5.32 Å². The van der Waals surface area contributed by atoms with Crippen LogP contribution >= 0.6 is 11.3 Å². The van der Waals surface area contributed by atoms with Gasteiger partial charge in [-0.2, -0.15) is 0 Å². The zero-order chi connectivity index (χ0) is 14.1. The van der Waals surface area contributed by atoms with Crippen LogP contribution in [0.5, 0.6) is 0 Å². The van der Waals surface area contributed by atoms with E-state index in [9.17, 15) is 0 Å². The van der Waals surface area contributed by atoms with Crippen molar-refractivity contribution in [2.24, 2.45) is 11.8 Å². The molecule has 4 heteroatoms. The van der Waals surface area contributed by atoms with E-state index in [2.05, 4.69) is 41.4 Å². The average Bonchev–Trinajstić information content (AvgIpc) is 3.13. The Kier molecular flexibility index (Phi) is 4.43. The molecule has 0 amide bonds. The first kappa shape index (κ1) is 14.5. The van der Waals surface area contributed by atoms with Crippen molar-refractivity contribution in [2.75, 3.05) is 13.1 Å². The molecule has 0 spiro atoms. The van der Waals surface area contributed by atoms with Crippen LogP contribution in [0.25, 0.3) is 0 Å². The second-order valence-corrected chi connectivity index (χ2v) is 7.89. The highest BCUT2D eigenvalue weighted by atomic mass is 32.1. The van der Waals surface area contributed by atoms with E-state index in [0.717, 1.165) is 24.4 Å². The minimum Gasteiger partial charge on any atom is -0.311 e. The molecule has 2 atom stereocenters. The highest BCUT2D eigenvalue weighted by Gasteiger charge is 2.38. The van der Waals surface area contributed by atoms with Gasteiger partial charge in [-0.05, 0) is 38.0 Å². The van der Waals surface area contributed by atoms with Gasteiger partial charge in [-0.25, -0.2) is 4.98 Å². The lowest BCUT2D eigenvalue weighted by molar-refractivity contribution is 0.100. The van der Waals surface area contributed by atoms with Crippen molar-refractivity contribution in [3.63, 3.8) is 0 Å². The van der Waals surface area contributed by atoms with Crippen molar-refractivity contribution >= 4 is 11.3 Å². The van der Waals surface area contributed by atoms with Crippen molar-refractivity contribution < 1.29 is 0 Å². The van der Waals surface area contributed by atoms with E-state index in [1.54, 1.807) is 0 Å². The lowest BCUT2D eigenvalue weighted by Crippen LogP contribution is -2.57. The molecular weight excluding hydrogens is 266 g/mol. The summed E-state index contributed by atoms with van der Waals surface area (Å²) in [6.07, 6.45) is 4.13. The summed E-state index contributed by atoms with van der Waals surface area (Å²) in [4.78, 5) is 7.37. The fraction of sp³-hybridized carbons (Fsp3) is 0.812. The standard InChI is InChI=1S/C16H27N3S/c1-11(2)6-14-8-19(9-16-18-12(3)10-20-16)15(7-17-14)13-4-5-13/h10-11,13-15,17H,4-9H2,1-3H3. The summed E-state index contributed by atoms with van der Waals surface area (Å²) in [7, 11) is 0. The predicted molar refractivity (Wildman–Crippen MR) is 85.0 cm³/mol. The predicted octanol–water partition coefficient (Wildman–Crippen LogP) is 3.05. The molecule has 1 N–H and O–H groups in total. The molecule has 1 aromatic heterocycles. The average molecular weight is 293 g/mol. The molecule has 2 aliphatic rings. The van der Waals surface area contributed by atoms with E-state index in [1.807, 2.05) is 11.3 Å². The first-order chi connectivity index (χ1) is 9.61. The lowest BCUT2D eigenvalue weighted by Gasteiger charge is -2.41. The normalized spacial score (nSPS) is 28.2. The Morgan fingerprint density at radius 2 is 2.25 bits per heavy atom. The van der Waals surface area contributed by atoms with Gasteiger partial charge in [-0.15, -0.1) is 11.3 Å². The minimum atomic E-state index is 0.658. The fourth-order valence-electron chi connectivity index (χ4n) is 3.40. The molecule has 1 aliphatic heterocycles. The highest BCUT2D eigenvalue weighted by Crippen LogP contribution is 2.37. The highest BCUT2D eigenvalue weighted by molar-refractivity contribution is 7.09. The summed E-state index contributed by atoms with van der Waals surface area (Å²) in [6, 6.07) is 1.40. The van der Waals surface area contributed by atoms with Crippen molar-refractivity contribution in [3.05, 3.63) is 16.1 Å². The van der Waals surface area contributed by atoms with Gasteiger partial charge in [0.2, 0.25) is 0 Å². The number of piperazine rings is 1. The fourth-order valence-corrected chi connectivity index (χ4v) is 4.20. The van der Waals surface area contributed by atoms with Gasteiger partial charge in [0.15, 0.2) is 0 Å². The van der Waals surface area contributed by atoms with E-state index >= 15 is 0 Å². The first-order valence-corrected chi connectivity index (χ1v) is 8.88. The van der Waals surface area contributed by atoms with E-state index in [0.29, 0.717) is 6.04 Å². The number of rotatable bonds is 5. The zero-order valence-corrected chi connectivity index (χ0v) is 13.7. The van der Waals surface area contributed by atoms with E-state index in [1.165, 1.54) is 43.1 Å². The third-order valence-electron chi connectivity index (χ3n) is 4.47. The smallest absolute Gasteiger partial charge is 0.107 e. The number of thiazole rings is 1. The molecule has 1 saturated carbocycles. The van der Waals surface area contributed by atoms with Crippen molar-refractivity contribution in [1.29, 1.82) is 0 Å². The van der Waals surface area contributed by atoms with Gasteiger partial charge in [0, 0.05) is 36.2 Å². The van der Waals surface area contributed by atoms with Crippen LogP contribution in [-0.4, -0.2) is 35.1 Å². The Balaban J connectivity index is 1.65. The molecule has 1 aromatic rings. The summed E-state index contributed by atoms with van der Waals surface area (Å²) in [5, 5.41) is 7.25. The quantitative estimate of drug-likeness (QED) is 0.904. The molecule has 112 valence electrons. The van der Waals surface area contributed by atoms with Gasteiger partial charge in [0.25, 0.3) is 0 Å². The summed E-state index contributed by atoms with van der Waals surface area (Å²) < 4.78 is 0. The third kappa shape index (κ3) is 3.60. The molecule has 20 heavy (non-hydrogen) atoms. The molecular formula is C16H27N3S. The Morgan fingerprint density at radius 3 is 2.85 bits per heavy atom. The Bertz CT molecular complexity index is 439. The van der Waals surface area contributed by atoms with Gasteiger partial charge >= 0.3 is 0 Å². The lowest BCUT2D eigenvalue weighted by atomic mass is 9.98. The zero-order valence-electron chi connectivity index (χ0n) is 12.9. The number of hydrogen-bond donors (Lipinski definition) is 1. The Hall–Kier alpha value is -0.450. The molecule has 0 bridgehead atoms. The largest absolute Gasteiger partial charge is 0.311 e. The number of aromatic nitrogens is 1. The SMILES string of the molecule is Cc1csc(CN2CC(CC(C)C)NCC2C2CC2)n1. The van der Waals surface area contributed by atoms with Crippen molar-refractivity contribution in [1.82, 2.24) is 15.2 Å². The van der Waals surface area contributed by atoms with E-state index < -0.39 is 0 Å². The van der Waals surface area contributed by atoms with Gasteiger partial charge in [-0.3, -0.25) is 4.90 Å². The molecule has 3 nitrogen and oxygen atoms in total. The third-order valence-corrected chi connectivity index (χ3v) is 5.42. The van der Waals surface area contributed by atoms with E-state index in [4.69, 9.17) is 0 Å². The summed E-state index contributed by atoms with van der Waals surface area (Å²) in [6.45, 7) is 10.2. The minimum absolute atomic E-state index is 0.658. The number of nitrogens with one attached hydrogen (secondary N) is 1. The second kappa shape index (κ2) is 6.12. The van der Waals surface area contributed by atoms with Crippen molar-refractivity contribution in [3.8, 4) is 0 Å². The van der Waals surface area contributed by atoms with Crippen LogP contribution in [0.15, 0.2) is 5.38 Å². The van der Waals surface area contributed by atoms with Crippen LogP contribution < -0.4 is 5.32 Å². The molecule has 0 radical (unpaired) electrons. The molecule has 0 aromatic carbocycles. The monoisotopic (exact) mass is 293 g/mol. The Labute approximate surface area is 126 Å². The van der Waals surface area contributed by atoms with Gasteiger partial charge in [-0.1, -0.05) is 13.8 Å². The molecule has 3 rings (SSSR count). The van der Waals surface area contributed by atoms with Crippen LogP contribution in [0.2, 0.25) is 0 Å². The number of aryl methyl sites for hydroxylation is 1. The van der Waals surface area contributed by atoms with Gasteiger partial charge in [0.05, 0.1) is 6.54 Å². The summed E-state index contributed by atoms with van der Waals surface area (Å²) in [5.41, 5.74) is 1.17. The molecule has 2 unspecified atom stereocenters. The topological polar surface area (TPSA) is 28.2 Å². The van der Waals surface area contributed by atoms with Crippen LogP contribution in [-0.2, 0) is 6.54 Å². The molecule has 1 aliphatic carbocycles. The maximum absolute atomic E-state index is 4.66.